The highest BCUT2D eigenvalue weighted by atomic mass is 79.9. The van der Waals surface area contributed by atoms with Gasteiger partial charge in [0.05, 0.1) is 7.11 Å². The number of benzene rings is 2. The molecule has 0 aliphatic carbocycles. The fraction of sp³-hybridized carbons (Fsp3) is 0.278. The molecular weight excluding hydrogens is 328 g/mol. The highest BCUT2D eigenvalue weighted by Crippen LogP contribution is 2.25. The van der Waals surface area contributed by atoms with E-state index in [9.17, 15) is 4.79 Å². The number of methoxy groups -OCH3 is 1. The zero-order valence-corrected chi connectivity index (χ0v) is 14.1. The van der Waals surface area contributed by atoms with Gasteiger partial charge in [0.15, 0.2) is 5.78 Å². The molecular formula is C18H19BrO2. The third-order valence-corrected chi connectivity index (χ3v) is 3.94. The zero-order valence-electron chi connectivity index (χ0n) is 12.5. The molecule has 0 saturated heterocycles. The minimum absolute atomic E-state index is 0.00591. The maximum absolute atomic E-state index is 12.7. The van der Waals surface area contributed by atoms with E-state index >= 15 is 0 Å². The largest absolute Gasteiger partial charge is 0.497 e. The summed E-state index contributed by atoms with van der Waals surface area (Å²) in [5.74, 6) is 1.25. The third kappa shape index (κ3) is 3.94. The molecule has 110 valence electrons. The van der Waals surface area contributed by atoms with Gasteiger partial charge in [0, 0.05) is 15.6 Å². The summed E-state index contributed by atoms with van der Waals surface area (Å²) in [7, 11) is 1.60. The first-order valence-corrected chi connectivity index (χ1v) is 7.77. The van der Waals surface area contributed by atoms with E-state index in [1.54, 1.807) is 13.2 Å². The lowest BCUT2D eigenvalue weighted by molar-refractivity contribution is 0.103. The molecule has 0 unspecified atom stereocenters. The Kier molecular flexibility index (Phi) is 5.18. The molecule has 0 saturated carbocycles. The number of carbonyl (C=O) groups is 1. The number of hydrogen-bond acceptors (Lipinski definition) is 2. The predicted molar refractivity (Wildman–Crippen MR) is 89.1 cm³/mol. The molecule has 2 nitrogen and oxygen atoms in total. The molecule has 0 aromatic heterocycles. The van der Waals surface area contributed by atoms with Crippen molar-refractivity contribution in [1.82, 2.24) is 0 Å². The minimum Gasteiger partial charge on any atom is -0.497 e. The van der Waals surface area contributed by atoms with Gasteiger partial charge in [-0.1, -0.05) is 48.0 Å². The maximum Gasteiger partial charge on any atom is 0.194 e. The second-order valence-corrected chi connectivity index (χ2v) is 6.33. The van der Waals surface area contributed by atoms with Crippen molar-refractivity contribution in [3.8, 4) is 5.75 Å². The van der Waals surface area contributed by atoms with Gasteiger partial charge in [-0.25, -0.2) is 0 Å². The van der Waals surface area contributed by atoms with E-state index < -0.39 is 0 Å². The van der Waals surface area contributed by atoms with Crippen LogP contribution in [0.25, 0.3) is 0 Å². The van der Waals surface area contributed by atoms with E-state index in [2.05, 4.69) is 35.8 Å². The van der Waals surface area contributed by atoms with Crippen molar-refractivity contribution in [1.29, 1.82) is 0 Å². The number of halogens is 1. The number of ketones is 1. The van der Waals surface area contributed by atoms with Crippen molar-refractivity contribution in [2.24, 2.45) is 5.92 Å². The molecule has 0 radical (unpaired) electrons. The standard InChI is InChI=1S/C18H19BrO2/c1-12(2)9-13-5-4-6-14(10-13)18(20)16-11-15(21-3)7-8-17(16)19/h4-8,10-12H,9H2,1-3H3. The fourth-order valence-electron chi connectivity index (χ4n) is 2.27. The van der Waals surface area contributed by atoms with Crippen LogP contribution in [0.15, 0.2) is 46.9 Å². The summed E-state index contributed by atoms with van der Waals surface area (Å²) in [4.78, 5) is 12.7. The summed E-state index contributed by atoms with van der Waals surface area (Å²) in [6, 6.07) is 13.3. The molecule has 2 aromatic rings. The molecule has 3 heteroatoms. The Morgan fingerprint density at radius 3 is 2.62 bits per heavy atom. The fourth-order valence-corrected chi connectivity index (χ4v) is 2.70. The third-order valence-electron chi connectivity index (χ3n) is 3.25. The summed E-state index contributed by atoms with van der Waals surface area (Å²) < 4.78 is 5.98. The number of carbonyl (C=O) groups excluding carboxylic acids is 1. The van der Waals surface area contributed by atoms with Gasteiger partial charge >= 0.3 is 0 Å². The number of hydrogen-bond donors (Lipinski definition) is 0. The molecule has 0 amide bonds. The average molecular weight is 347 g/mol. The molecule has 0 fully saturated rings. The van der Waals surface area contributed by atoms with Gasteiger partial charge in [0.2, 0.25) is 0 Å². The lowest BCUT2D eigenvalue weighted by Crippen LogP contribution is -2.04. The molecule has 2 rings (SSSR count). The average Bonchev–Trinajstić information content (AvgIpc) is 2.46. The summed E-state index contributed by atoms with van der Waals surface area (Å²) in [6.45, 7) is 4.35. The number of ether oxygens (including phenoxy) is 1. The van der Waals surface area contributed by atoms with Gasteiger partial charge in [-0.3, -0.25) is 4.79 Å². The van der Waals surface area contributed by atoms with Gasteiger partial charge in [-0.2, -0.15) is 0 Å². The summed E-state index contributed by atoms with van der Waals surface area (Å²) >= 11 is 3.44. The van der Waals surface area contributed by atoms with Gasteiger partial charge in [-0.15, -0.1) is 0 Å². The highest BCUT2D eigenvalue weighted by molar-refractivity contribution is 9.10. The summed E-state index contributed by atoms with van der Waals surface area (Å²) in [6.07, 6.45) is 0.973. The van der Waals surface area contributed by atoms with Crippen molar-refractivity contribution < 1.29 is 9.53 Å². The van der Waals surface area contributed by atoms with Crippen LogP contribution in [0.2, 0.25) is 0 Å². The lowest BCUT2D eigenvalue weighted by atomic mass is 9.97. The Morgan fingerprint density at radius 1 is 1.19 bits per heavy atom. The molecule has 0 heterocycles. The molecule has 21 heavy (non-hydrogen) atoms. The van der Waals surface area contributed by atoms with Crippen molar-refractivity contribution >= 4 is 21.7 Å². The van der Waals surface area contributed by atoms with Gasteiger partial charge < -0.3 is 4.74 Å². The van der Waals surface area contributed by atoms with Gasteiger partial charge in [-0.05, 0) is 42.2 Å². The molecule has 0 spiro atoms. The van der Waals surface area contributed by atoms with E-state index in [-0.39, 0.29) is 5.78 Å². The van der Waals surface area contributed by atoms with Gasteiger partial charge in [0.25, 0.3) is 0 Å². The Balaban J connectivity index is 2.36. The quantitative estimate of drug-likeness (QED) is 0.720. The van der Waals surface area contributed by atoms with Crippen LogP contribution in [0.3, 0.4) is 0 Å². The van der Waals surface area contributed by atoms with Crippen molar-refractivity contribution in [2.45, 2.75) is 20.3 Å². The van der Waals surface area contributed by atoms with Crippen molar-refractivity contribution in [3.05, 3.63) is 63.6 Å². The lowest BCUT2D eigenvalue weighted by Gasteiger charge is -2.09. The van der Waals surface area contributed by atoms with E-state index in [0.29, 0.717) is 22.8 Å². The van der Waals surface area contributed by atoms with Crippen LogP contribution in [0, 0.1) is 5.92 Å². The van der Waals surface area contributed by atoms with E-state index in [4.69, 9.17) is 4.74 Å². The van der Waals surface area contributed by atoms with Crippen LogP contribution in [0.4, 0.5) is 0 Å². The van der Waals surface area contributed by atoms with Crippen LogP contribution in [0.1, 0.15) is 35.3 Å². The second-order valence-electron chi connectivity index (χ2n) is 5.47. The first kappa shape index (κ1) is 15.8. The summed E-state index contributed by atoms with van der Waals surface area (Å²) in [5, 5.41) is 0. The van der Waals surface area contributed by atoms with Crippen molar-refractivity contribution in [3.63, 3.8) is 0 Å². The highest BCUT2D eigenvalue weighted by Gasteiger charge is 2.14. The van der Waals surface area contributed by atoms with E-state index in [1.165, 1.54) is 5.56 Å². The summed E-state index contributed by atoms with van der Waals surface area (Å²) in [5.41, 5.74) is 2.52. The van der Waals surface area contributed by atoms with E-state index in [0.717, 1.165) is 10.9 Å². The molecule has 0 aliphatic rings. The first-order chi connectivity index (χ1) is 10.0. The molecule has 0 N–H and O–H groups in total. The smallest absolute Gasteiger partial charge is 0.194 e. The zero-order chi connectivity index (χ0) is 15.4. The first-order valence-electron chi connectivity index (χ1n) is 6.98. The molecule has 0 atom stereocenters. The molecule has 0 bridgehead atoms. The van der Waals surface area contributed by atoms with Crippen molar-refractivity contribution in [2.75, 3.05) is 7.11 Å². The minimum atomic E-state index is 0.00591. The van der Waals surface area contributed by atoms with Crippen LogP contribution >= 0.6 is 15.9 Å². The molecule has 2 aromatic carbocycles. The van der Waals surface area contributed by atoms with E-state index in [1.807, 2.05) is 30.3 Å². The Labute approximate surface area is 134 Å². The Bertz CT molecular complexity index is 647. The Morgan fingerprint density at radius 2 is 1.95 bits per heavy atom. The Hall–Kier alpha value is -1.61. The number of rotatable bonds is 5. The van der Waals surface area contributed by atoms with Crippen LogP contribution in [-0.4, -0.2) is 12.9 Å². The normalized spacial score (nSPS) is 10.7. The monoisotopic (exact) mass is 346 g/mol. The molecule has 0 aliphatic heterocycles. The topological polar surface area (TPSA) is 26.3 Å². The van der Waals surface area contributed by atoms with Crippen LogP contribution in [-0.2, 0) is 6.42 Å². The predicted octanol–water partition coefficient (Wildman–Crippen LogP) is 4.89. The maximum atomic E-state index is 12.7. The SMILES string of the molecule is COc1ccc(Br)c(C(=O)c2cccc(CC(C)C)c2)c1. The second kappa shape index (κ2) is 6.90. The van der Waals surface area contributed by atoms with Gasteiger partial charge in [0.1, 0.15) is 5.75 Å². The van der Waals surface area contributed by atoms with Crippen LogP contribution in [0.5, 0.6) is 5.75 Å². The van der Waals surface area contributed by atoms with Crippen LogP contribution < -0.4 is 4.74 Å².